The Labute approximate surface area is 93.6 Å². The van der Waals surface area contributed by atoms with E-state index in [-0.39, 0.29) is 31.3 Å². The summed E-state index contributed by atoms with van der Waals surface area (Å²) in [5, 5.41) is 2.47. The van der Waals surface area contributed by atoms with Crippen LogP contribution in [0.4, 0.5) is 13.2 Å². The van der Waals surface area contributed by atoms with Gasteiger partial charge in [0.1, 0.15) is 0 Å². The predicted octanol–water partition coefficient (Wildman–Crippen LogP) is 1.82. The minimum Gasteiger partial charge on any atom is -0.356 e. The number of rotatable bonds is 7. The van der Waals surface area contributed by atoms with Gasteiger partial charge in [-0.05, 0) is 12.8 Å². The van der Waals surface area contributed by atoms with Crippen molar-refractivity contribution in [2.24, 2.45) is 11.7 Å². The lowest BCUT2D eigenvalue weighted by Crippen LogP contribution is -2.35. The minimum atomic E-state index is -4.15. The van der Waals surface area contributed by atoms with Crippen LogP contribution in [0.2, 0.25) is 0 Å². The van der Waals surface area contributed by atoms with Crippen LogP contribution in [-0.4, -0.2) is 25.2 Å². The second-order valence-corrected chi connectivity index (χ2v) is 3.73. The van der Waals surface area contributed by atoms with E-state index in [0.29, 0.717) is 6.42 Å². The zero-order valence-electron chi connectivity index (χ0n) is 9.44. The van der Waals surface area contributed by atoms with E-state index < -0.39 is 12.6 Å². The van der Waals surface area contributed by atoms with Gasteiger partial charge in [-0.2, -0.15) is 13.2 Å². The van der Waals surface area contributed by atoms with E-state index in [4.69, 9.17) is 5.73 Å². The van der Waals surface area contributed by atoms with E-state index in [1.807, 2.05) is 6.92 Å². The second-order valence-electron chi connectivity index (χ2n) is 3.73. The van der Waals surface area contributed by atoms with Crippen molar-refractivity contribution in [3.8, 4) is 0 Å². The predicted molar refractivity (Wildman–Crippen MR) is 55.8 cm³/mol. The summed E-state index contributed by atoms with van der Waals surface area (Å²) in [6.07, 6.45) is -3.60. The molecule has 0 aliphatic heterocycles. The third-order valence-electron chi connectivity index (χ3n) is 2.23. The molecule has 1 amide bonds. The number of carbonyl (C=O) groups excluding carboxylic acids is 1. The lowest BCUT2D eigenvalue weighted by molar-refractivity contribution is -0.136. The van der Waals surface area contributed by atoms with E-state index in [1.54, 1.807) is 0 Å². The summed E-state index contributed by atoms with van der Waals surface area (Å²) >= 11 is 0. The first-order valence-electron chi connectivity index (χ1n) is 5.45. The van der Waals surface area contributed by atoms with Gasteiger partial charge in [-0.25, -0.2) is 0 Å². The SMILES string of the molecule is CCCC(CN)C(=O)NCCCC(F)(F)F. The number of halogens is 3. The zero-order valence-corrected chi connectivity index (χ0v) is 9.44. The fourth-order valence-electron chi connectivity index (χ4n) is 1.35. The van der Waals surface area contributed by atoms with Crippen LogP contribution >= 0.6 is 0 Å². The first kappa shape index (κ1) is 15.2. The van der Waals surface area contributed by atoms with Gasteiger partial charge in [0, 0.05) is 19.5 Å². The van der Waals surface area contributed by atoms with Gasteiger partial charge in [0.2, 0.25) is 5.91 Å². The molecule has 0 heterocycles. The van der Waals surface area contributed by atoms with Gasteiger partial charge in [-0.1, -0.05) is 13.3 Å². The van der Waals surface area contributed by atoms with E-state index in [9.17, 15) is 18.0 Å². The summed E-state index contributed by atoms with van der Waals surface area (Å²) in [7, 11) is 0. The Bertz CT molecular complexity index is 207. The standard InChI is InChI=1S/C10H19F3N2O/c1-2-4-8(7-14)9(16)15-6-3-5-10(11,12)13/h8H,2-7,14H2,1H3,(H,15,16). The Hall–Kier alpha value is -0.780. The first-order chi connectivity index (χ1) is 7.40. The van der Waals surface area contributed by atoms with Crippen LogP contribution in [-0.2, 0) is 4.79 Å². The van der Waals surface area contributed by atoms with Gasteiger partial charge in [-0.15, -0.1) is 0 Å². The molecule has 0 radical (unpaired) electrons. The van der Waals surface area contributed by atoms with Crippen molar-refractivity contribution in [1.29, 1.82) is 0 Å². The number of nitrogens with two attached hydrogens (primary N) is 1. The highest BCUT2D eigenvalue weighted by Crippen LogP contribution is 2.20. The molecule has 0 aromatic carbocycles. The molecule has 0 aliphatic rings. The molecule has 0 saturated carbocycles. The van der Waals surface area contributed by atoms with Gasteiger partial charge in [0.25, 0.3) is 0 Å². The highest BCUT2D eigenvalue weighted by molar-refractivity contribution is 5.78. The number of hydrogen-bond donors (Lipinski definition) is 2. The Morgan fingerprint density at radius 3 is 2.50 bits per heavy atom. The first-order valence-corrected chi connectivity index (χ1v) is 5.45. The van der Waals surface area contributed by atoms with Crippen molar-refractivity contribution in [3.05, 3.63) is 0 Å². The molecule has 3 nitrogen and oxygen atoms in total. The van der Waals surface area contributed by atoms with Crippen LogP contribution in [0.15, 0.2) is 0 Å². The Balaban J connectivity index is 3.71. The van der Waals surface area contributed by atoms with Crippen molar-refractivity contribution in [2.45, 2.75) is 38.8 Å². The smallest absolute Gasteiger partial charge is 0.356 e. The lowest BCUT2D eigenvalue weighted by Gasteiger charge is -2.14. The quantitative estimate of drug-likeness (QED) is 0.667. The van der Waals surface area contributed by atoms with Crippen molar-refractivity contribution >= 4 is 5.91 Å². The summed E-state index contributed by atoms with van der Waals surface area (Å²) in [5.41, 5.74) is 5.39. The van der Waals surface area contributed by atoms with E-state index in [2.05, 4.69) is 5.32 Å². The molecule has 1 atom stereocenters. The van der Waals surface area contributed by atoms with Crippen LogP contribution < -0.4 is 11.1 Å². The number of hydrogen-bond acceptors (Lipinski definition) is 2. The Morgan fingerprint density at radius 1 is 1.44 bits per heavy atom. The average molecular weight is 240 g/mol. The summed E-state index contributed by atoms with van der Waals surface area (Å²) in [6.45, 7) is 2.22. The van der Waals surface area contributed by atoms with Crippen LogP contribution in [0.25, 0.3) is 0 Å². The van der Waals surface area contributed by atoms with Gasteiger partial charge in [0.05, 0.1) is 5.92 Å². The zero-order chi connectivity index (χ0) is 12.6. The van der Waals surface area contributed by atoms with Gasteiger partial charge in [0.15, 0.2) is 0 Å². The summed E-state index contributed by atoms with van der Waals surface area (Å²) in [4.78, 5) is 11.4. The van der Waals surface area contributed by atoms with Gasteiger partial charge >= 0.3 is 6.18 Å². The molecule has 96 valence electrons. The van der Waals surface area contributed by atoms with E-state index >= 15 is 0 Å². The highest BCUT2D eigenvalue weighted by Gasteiger charge is 2.26. The number of alkyl halides is 3. The van der Waals surface area contributed by atoms with Gasteiger partial charge in [-0.3, -0.25) is 4.79 Å². The molecule has 0 fully saturated rings. The maximum absolute atomic E-state index is 11.8. The molecule has 0 aromatic heterocycles. The van der Waals surface area contributed by atoms with Crippen LogP contribution in [0.1, 0.15) is 32.6 Å². The molecular formula is C10H19F3N2O. The number of carbonyl (C=O) groups is 1. The molecule has 6 heteroatoms. The van der Waals surface area contributed by atoms with Crippen LogP contribution in [0.5, 0.6) is 0 Å². The van der Waals surface area contributed by atoms with Crippen LogP contribution in [0.3, 0.4) is 0 Å². The monoisotopic (exact) mass is 240 g/mol. The molecule has 0 rings (SSSR count). The van der Waals surface area contributed by atoms with Crippen molar-refractivity contribution in [3.63, 3.8) is 0 Å². The molecule has 3 N–H and O–H groups in total. The van der Waals surface area contributed by atoms with Crippen molar-refractivity contribution in [2.75, 3.05) is 13.1 Å². The molecule has 0 spiro atoms. The van der Waals surface area contributed by atoms with Gasteiger partial charge < -0.3 is 11.1 Å². The molecule has 1 unspecified atom stereocenters. The molecule has 0 bridgehead atoms. The Kier molecular flexibility index (Phi) is 7.12. The molecular weight excluding hydrogens is 221 g/mol. The normalized spacial score (nSPS) is 13.6. The summed E-state index contributed by atoms with van der Waals surface area (Å²) in [5.74, 6) is -0.526. The highest BCUT2D eigenvalue weighted by atomic mass is 19.4. The molecule has 0 aromatic rings. The van der Waals surface area contributed by atoms with E-state index in [0.717, 1.165) is 6.42 Å². The maximum Gasteiger partial charge on any atom is 0.389 e. The summed E-state index contributed by atoms with van der Waals surface area (Å²) < 4.78 is 35.4. The fraction of sp³-hybridized carbons (Fsp3) is 0.900. The average Bonchev–Trinajstić information content (AvgIpc) is 2.19. The molecule has 0 saturated heterocycles. The number of nitrogens with one attached hydrogen (secondary N) is 1. The molecule has 16 heavy (non-hydrogen) atoms. The van der Waals surface area contributed by atoms with Crippen molar-refractivity contribution < 1.29 is 18.0 Å². The number of amides is 1. The van der Waals surface area contributed by atoms with Crippen LogP contribution in [0, 0.1) is 5.92 Å². The summed E-state index contributed by atoms with van der Waals surface area (Å²) in [6, 6.07) is 0. The third kappa shape index (κ3) is 7.50. The van der Waals surface area contributed by atoms with Crippen molar-refractivity contribution in [1.82, 2.24) is 5.32 Å². The fourth-order valence-corrected chi connectivity index (χ4v) is 1.35. The maximum atomic E-state index is 11.8. The third-order valence-corrected chi connectivity index (χ3v) is 2.23. The Morgan fingerprint density at radius 2 is 2.06 bits per heavy atom. The lowest BCUT2D eigenvalue weighted by atomic mass is 10.0. The second kappa shape index (κ2) is 7.49. The minimum absolute atomic E-state index is 0.0541. The van der Waals surface area contributed by atoms with E-state index in [1.165, 1.54) is 0 Å². The molecule has 0 aliphatic carbocycles. The largest absolute Gasteiger partial charge is 0.389 e. The topological polar surface area (TPSA) is 55.1 Å².